The number of aromatic amines is 1. The van der Waals surface area contributed by atoms with Crippen LogP contribution in [0.5, 0.6) is 5.75 Å². The summed E-state index contributed by atoms with van der Waals surface area (Å²) in [5.74, 6) is 0.822. The number of carbonyl (C=O) groups excluding carboxylic acids is 1. The van der Waals surface area contributed by atoms with Crippen LogP contribution in [0.25, 0.3) is 10.9 Å². The first kappa shape index (κ1) is 18.3. The van der Waals surface area contributed by atoms with Crippen LogP contribution < -0.4 is 10.1 Å². The summed E-state index contributed by atoms with van der Waals surface area (Å²) >= 11 is 6.04. The molecule has 0 aliphatic heterocycles. The van der Waals surface area contributed by atoms with Gasteiger partial charge in [0.1, 0.15) is 5.75 Å². The van der Waals surface area contributed by atoms with Crippen LogP contribution in [0, 0.1) is 0 Å². The molecule has 0 aliphatic rings. The van der Waals surface area contributed by atoms with Crippen LogP contribution in [0.1, 0.15) is 25.0 Å². The van der Waals surface area contributed by atoms with E-state index in [9.17, 15) is 4.79 Å². The molecule has 0 bridgehead atoms. The minimum Gasteiger partial charge on any atom is -0.497 e. The highest BCUT2D eigenvalue weighted by atomic mass is 35.5. The molecule has 0 spiro atoms. The summed E-state index contributed by atoms with van der Waals surface area (Å²) in [6, 6.07) is 13.6. The van der Waals surface area contributed by atoms with E-state index in [0.717, 1.165) is 34.2 Å². The Morgan fingerprint density at radius 3 is 2.81 bits per heavy atom. The van der Waals surface area contributed by atoms with Gasteiger partial charge in [0.05, 0.1) is 12.5 Å². The Bertz CT molecular complexity index is 931. The Morgan fingerprint density at radius 1 is 1.23 bits per heavy atom. The third kappa shape index (κ3) is 3.70. The monoisotopic (exact) mass is 370 g/mol. The van der Waals surface area contributed by atoms with Crippen molar-refractivity contribution in [2.75, 3.05) is 13.7 Å². The minimum atomic E-state index is -0.652. The zero-order valence-electron chi connectivity index (χ0n) is 15.2. The molecule has 0 aliphatic carbocycles. The number of H-pyrrole nitrogens is 1. The number of benzene rings is 2. The quantitative estimate of drug-likeness (QED) is 0.672. The van der Waals surface area contributed by atoms with E-state index < -0.39 is 5.41 Å². The Hall–Kier alpha value is -2.46. The Kier molecular flexibility index (Phi) is 5.23. The average Bonchev–Trinajstić information content (AvgIpc) is 3.05. The number of hydrogen-bond acceptors (Lipinski definition) is 2. The molecule has 0 radical (unpaired) electrons. The van der Waals surface area contributed by atoms with Crippen molar-refractivity contribution in [2.24, 2.45) is 0 Å². The number of hydrogen-bond donors (Lipinski definition) is 2. The molecule has 26 heavy (non-hydrogen) atoms. The number of fused-ring (bicyclic) bond motifs is 1. The van der Waals surface area contributed by atoms with Crippen molar-refractivity contribution in [2.45, 2.75) is 25.7 Å². The van der Waals surface area contributed by atoms with Gasteiger partial charge in [-0.3, -0.25) is 4.79 Å². The molecule has 1 heterocycles. The first-order valence-corrected chi connectivity index (χ1v) is 8.98. The number of rotatable bonds is 6. The number of amides is 1. The van der Waals surface area contributed by atoms with Crippen molar-refractivity contribution in [3.63, 3.8) is 0 Å². The summed E-state index contributed by atoms with van der Waals surface area (Å²) in [6.07, 6.45) is 2.64. The number of nitrogens with one attached hydrogen (secondary N) is 2. The second-order valence-corrected chi connectivity index (χ2v) is 7.31. The summed E-state index contributed by atoms with van der Waals surface area (Å²) in [5.41, 5.74) is 2.37. The van der Waals surface area contributed by atoms with Crippen molar-refractivity contribution in [1.29, 1.82) is 0 Å². The zero-order valence-corrected chi connectivity index (χ0v) is 16.0. The normalized spacial score (nSPS) is 11.5. The van der Waals surface area contributed by atoms with E-state index in [1.165, 1.54) is 0 Å². The van der Waals surface area contributed by atoms with Crippen molar-refractivity contribution in [3.05, 3.63) is 64.8 Å². The summed E-state index contributed by atoms with van der Waals surface area (Å²) in [5, 5.41) is 4.74. The molecular formula is C21H23ClN2O2. The SMILES string of the molecule is COc1cccc(CCNC(=O)C(C)(C)c2c[nH]c3cc(Cl)ccc23)c1. The lowest BCUT2D eigenvalue weighted by Gasteiger charge is -2.23. The van der Waals surface area contributed by atoms with E-state index in [1.54, 1.807) is 7.11 Å². The summed E-state index contributed by atoms with van der Waals surface area (Å²) in [7, 11) is 1.65. The van der Waals surface area contributed by atoms with Crippen LogP contribution >= 0.6 is 11.6 Å². The largest absolute Gasteiger partial charge is 0.497 e. The molecule has 3 aromatic rings. The fraction of sp³-hybridized carbons (Fsp3) is 0.286. The van der Waals surface area contributed by atoms with Gasteiger partial charge in [-0.15, -0.1) is 0 Å². The number of carbonyl (C=O) groups is 1. The molecule has 0 atom stereocenters. The van der Waals surface area contributed by atoms with E-state index in [4.69, 9.17) is 16.3 Å². The predicted octanol–water partition coefficient (Wildman–Crippen LogP) is 4.47. The first-order chi connectivity index (χ1) is 12.4. The Morgan fingerprint density at radius 2 is 2.04 bits per heavy atom. The maximum absolute atomic E-state index is 12.8. The molecule has 0 unspecified atom stereocenters. The van der Waals surface area contributed by atoms with Gasteiger partial charge in [-0.1, -0.05) is 29.8 Å². The van der Waals surface area contributed by atoms with Crippen LogP contribution in [0.4, 0.5) is 0 Å². The van der Waals surface area contributed by atoms with Gasteiger partial charge < -0.3 is 15.0 Å². The van der Waals surface area contributed by atoms with Crippen molar-refractivity contribution < 1.29 is 9.53 Å². The zero-order chi connectivity index (χ0) is 18.7. The van der Waals surface area contributed by atoms with E-state index in [1.807, 2.05) is 62.5 Å². The maximum Gasteiger partial charge on any atom is 0.230 e. The van der Waals surface area contributed by atoms with E-state index >= 15 is 0 Å². The summed E-state index contributed by atoms with van der Waals surface area (Å²) in [6.45, 7) is 4.44. The standard InChI is InChI=1S/C21H23ClN2O2/c1-21(2,18-13-24-19-12-15(22)7-8-17(18)19)20(25)23-10-9-14-5-4-6-16(11-14)26-3/h4-8,11-13,24H,9-10H2,1-3H3,(H,23,25). The van der Waals surface area contributed by atoms with Crippen LogP contribution in [-0.2, 0) is 16.6 Å². The molecule has 1 aromatic heterocycles. The van der Waals surface area contributed by atoms with Gasteiger partial charge in [-0.05, 0) is 55.7 Å². The number of methoxy groups -OCH3 is 1. The highest BCUT2D eigenvalue weighted by Gasteiger charge is 2.31. The molecule has 136 valence electrons. The molecule has 2 N–H and O–H groups in total. The molecule has 4 nitrogen and oxygen atoms in total. The van der Waals surface area contributed by atoms with Gasteiger partial charge in [0.15, 0.2) is 0 Å². The smallest absolute Gasteiger partial charge is 0.230 e. The third-order valence-corrected chi connectivity index (χ3v) is 4.95. The second kappa shape index (κ2) is 7.42. The third-order valence-electron chi connectivity index (χ3n) is 4.72. The number of ether oxygens (including phenoxy) is 1. The summed E-state index contributed by atoms with van der Waals surface area (Å²) in [4.78, 5) is 16.0. The number of aromatic nitrogens is 1. The van der Waals surface area contributed by atoms with Crippen LogP contribution in [-0.4, -0.2) is 24.5 Å². The van der Waals surface area contributed by atoms with Crippen LogP contribution in [0.15, 0.2) is 48.7 Å². The minimum absolute atomic E-state index is 0.00348. The lowest BCUT2D eigenvalue weighted by Crippen LogP contribution is -2.40. The fourth-order valence-electron chi connectivity index (χ4n) is 3.11. The Labute approximate surface area is 158 Å². The van der Waals surface area contributed by atoms with Gasteiger partial charge >= 0.3 is 0 Å². The van der Waals surface area contributed by atoms with Crippen molar-refractivity contribution in [1.82, 2.24) is 10.3 Å². The molecule has 3 rings (SSSR count). The highest BCUT2D eigenvalue weighted by Crippen LogP contribution is 2.32. The fourth-order valence-corrected chi connectivity index (χ4v) is 3.28. The topological polar surface area (TPSA) is 54.1 Å². The highest BCUT2D eigenvalue weighted by molar-refractivity contribution is 6.31. The van der Waals surface area contributed by atoms with E-state index in [-0.39, 0.29) is 5.91 Å². The number of halogens is 1. The molecule has 2 aromatic carbocycles. The van der Waals surface area contributed by atoms with Gasteiger partial charge in [-0.2, -0.15) is 0 Å². The van der Waals surface area contributed by atoms with Crippen LogP contribution in [0.2, 0.25) is 5.02 Å². The van der Waals surface area contributed by atoms with Crippen LogP contribution in [0.3, 0.4) is 0 Å². The lowest BCUT2D eigenvalue weighted by molar-refractivity contribution is -0.125. The average molecular weight is 371 g/mol. The van der Waals surface area contributed by atoms with E-state index in [0.29, 0.717) is 11.6 Å². The Balaban J connectivity index is 1.69. The summed E-state index contributed by atoms with van der Waals surface area (Å²) < 4.78 is 5.23. The first-order valence-electron chi connectivity index (χ1n) is 8.60. The second-order valence-electron chi connectivity index (χ2n) is 6.87. The molecule has 0 saturated carbocycles. The molecule has 0 fully saturated rings. The maximum atomic E-state index is 12.8. The lowest BCUT2D eigenvalue weighted by atomic mass is 9.83. The molecule has 0 saturated heterocycles. The van der Waals surface area contributed by atoms with Gasteiger partial charge in [0.2, 0.25) is 5.91 Å². The molecular weight excluding hydrogens is 348 g/mol. The predicted molar refractivity (Wildman–Crippen MR) is 106 cm³/mol. The van der Waals surface area contributed by atoms with Gasteiger partial charge in [0.25, 0.3) is 0 Å². The van der Waals surface area contributed by atoms with Gasteiger partial charge in [0, 0.05) is 28.7 Å². The van der Waals surface area contributed by atoms with E-state index in [2.05, 4.69) is 10.3 Å². The molecule has 1 amide bonds. The van der Waals surface area contributed by atoms with Gasteiger partial charge in [-0.25, -0.2) is 0 Å². The molecule has 5 heteroatoms. The van der Waals surface area contributed by atoms with Crippen molar-refractivity contribution >= 4 is 28.4 Å². The van der Waals surface area contributed by atoms with Crippen molar-refractivity contribution in [3.8, 4) is 5.75 Å².